The van der Waals surface area contributed by atoms with Crippen molar-refractivity contribution in [1.82, 2.24) is 5.32 Å². The average Bonchev–Trinajstić information content (AvgIpc) is 3.09. The van der Waals surface area contributed by atoms with Crippen LogP contribution >= 0.6 is 51.3 Å². The number of hydrogen-bond donors (Lipinski definition) is 1. The number of carbonyl (C=O) groups excluding carboxylic acids is 2. The number of hydrogen-bond acceptors (Lipinski definition) is 6. The van der Waals surface area contributed by atoms with Crippen molar-refractivity contribution in [3.8, 4) is 0 Å². The lowest BCUT2D eigenvalue weighted by Crippen LogP contribution is -2.54. The Bertz CT molecular complexity index is 1080. The fourth-order valence-electron chi connectivity index (χ4n) is 3.11. The molecule has 2 saturated heterocycles. The molecule has 1 aromatic heterocycles. The Morgan fingerprint density at radius 2 is 1.93 bits per heavy atom. The predicted molar refractivity (Wildman–Crippen MR) is 122 cm³/mol. The summed E-state index contributed by atoms with van der Waals surface area (Å²) in [5.41, 5.74) is 0.133. The van der Waals surface area contributed by atoms with Gasteiger partial charge in [-0.05, 0) is 46.4 Å². The molecule has 1 aromatic carbocycles. The van der Waals surface area contributed by atoms with Gasteiger partial charge in [-0.1, -0.05) is 29.3 Å². The monoisotopic (exact) mass is 529 g/mol. The lowest BCUT2D eigenvalue weighted by molar-refractivity contribution is -0.122. The molecule has 2 fully saturated rings. The first-order chi connectivity index (χ1) is 14.4. The maximum atomic E-state index is 13.1. The number of ether oxygens (including phenoxy) is 1. The van der Waals surface area contributed by atoms with Gasteiger partial charge in [0.05, 0.1) is 33.4 Å². The van der Waals surface area contributed by atoms with Crippen LogP contribution in [0.5, 0.6) is 0 Å². The van der Waals surface area contributed by atoms with Gasteiger partial charge in [-0.15, -0.1) is 0 Å². The van der Waals surface area contributed by atoms with E-state index in [0.717, 1.165) is 4.90 Å². The van der Waals surface area contributed by atoms with Crippen molar-refractivity contribution in [2.75, 3.05) is 36.1 Å². The van der Waals surface area contributed by atoms with E-state index in [1.807, 2.05) is 4.90 Å². The number of anilines is 2. The maximum absolute atomic E-state index is 13.1. The molecule has 0 spiro atoms. The third-order valence-electron chi connectivity index (χ3n) is 4.55. The van der Waals surface area contributed by atoms with Crippen LogP contribution in [0.1, 0.15) is 5.76 Å². The fourth-order valence-corrected chi connectivity index (χ4v) is 4.32. The van der Waals surface area contributed by atoms with E-state index in [1.54, 1.807) is 24.3 Å². The summed E-state index contributed by atoms with van der Waals surface area (Å²) in [7, 11) is 0. The maximum Gasteiger partial charge on any atom is 0.270 e. The summed E-state index contributed by atoms with van der Waals surface area (Å²) in [5.74, 6) is -0.306. The number of amides is 2. The summed E-state index contributed by atoms with van der Waals surface area (Å²) in [6.45, 7) is 2.54. The SMILES string of the molecule is O=C1NC(=S)N(c2cccc(Cl)c2Cl)C(=O)/C1=C\c1cc(Br)c(N2CCOCC2)o1. The second-order valence-electron chi connectivity index (χ2n) is 6.43. The second-order valence-corrected chi connectivity index (χ2v) is 8.46. The topological polar surface area (TPSA) is 75.0 Å². The van der Waals surface area contributed by atoms with E-state index in [1.165, 1.54) is 6.08 Å². The molecular formula is C19H14BrCl2N3O4S. The van der Waals surface area contributed by atoms with E-state index in [-0.39, 0.29) is 26.4 Å². The van der Waals surface area contributed by atoms with Gasteiger partial charge in [-0.2, -0.15) is 0 Å². The minimum Gasteiger partial charge on any atom is -0.440 e. The summed E-state index contributed by atoms with van der Waals surface area (Å²) in [6.07, 6.45) is 1.37. The number of nitrogens with one attached hydrogen (secondary N) is 1. The van der Waals surface area contributed by atoms with Crippen LogP contribution in [-0.2, 0) is 14.3 Å². The molecule has 30 heavy (non-hydrogen) atoms. The lowest BCUT2D eigenvalue weighted by atomic mass is 10.1. The molecule has 0 saturated carbocycles. The Kier molecular flexibility index (Phi) is 6.17. The van der Waals surface area contributed by atoms with E-state index in [2.05, 4.69) is 21.2 Å². The molecule has 4 rings (SSSR count). The highest BCUT2D eigenvalue weighted by molar-refractivity contribution is 9.10. The van der Waals surface area contributed by atoms with Crippen LogP contribution in [0, 0.1) is 0 Å². The lowest BCUT2D eigenvalue weighted by Gasteiger charge is -2.29. The van der Waals surface area contributed by atoms with E-state index >= 15 is 0 Å². The number of carbonyl (C=O) groups is 2. The van der Waals surface area contributed by atoms with Gasteiger partial charge in [-0.3, -0.25) is 19.8 Å². The highest BCUT2D eigenvalue weighted by atomic mass is 79.9. The highest BCUT2D eigenvalue weighted by Crippen LogP contribution is 2.35. The zero-order valence-corrected chi connectivity index (χ0v) is 19.2. The summed E-state index contributed by atoms with van der Waals surface area (Å²) in [4.78, 5) is 28.8. The molecule has 3 heterocycles. The van der Waals surface area contributed by atoms with Crippen molar-refractivity contribution in [3.63, 3.8) is 0 Å². The molecule has 2 aromatic rings. The normalized spacial score (nSPS) is 18.9. The number of morpholine rings is 1. The Morgan fingerprint density at radius 3 is 2.67 bits per heavy atom. The zero-order chi connectivity index (χ0) is 21.4. The van der Waals surface area contributed by atoms with Crippen LogP contribution < -0.4 is 15.1 Å². The smallest absolute Gasteiger partial charge is 0.270 e. The third-order valence-corrected chi connectivity index (χ3v) is 6.21. The summed E-state index contributed by atoms with van der Waals surface area (Å²) >= 11 is 21.0. The molecule has 1 N–H and O–H groups in total. The van der Waals surface area contributed by atoms with Crippen LogP contribution in [-0.4, -0.2) is 43.2 Å². The van der Waals surface area contributed by atoms with Gasteiger partial charge >= 0.3 is 0 Å². The number of furan rings is 1. The van der Waals surface area contributed by atoms with Gasteiger partial charge in [0.15, 0.2) is 5.11 Å². The Balaban J connectivity index is 1.69. The first-order valence-corrected chi connectivity index (χ1v) is 10.8. The molecule has 0 atom stereocenters. The van der Waals surface area contributed by atoms with Crippen molar-refractivity contribution in [3.05, 3.63) is 50.1 Å². The molecule has 11 heteroatoms. The molecule has 0 radical (unpaired) electrons. The van der Waals surface area contributed by atoms with Gasteiger partial charge in [0.2, 0.25) is 5.88 Å². The van der Waals surface area contributed by atoms with Crippen molar-refractivity contribution in [2.24, 2.45) is 0 Å². The minimum absolute atomic E-state index is 0.0825. The van der Waals surface area contributed by atoms with Crippen molar-refractivity contribution >= 4 is 85.9 Å². The van der Waals surface area contributed by atoms with Crippen LogP contribution in [0.2, 0.25) is 10.0 Å². The van der Waals surface area contributed by atoms with E-state index in [4.69, 9.17) is 44.6 Å². The predicted octanol–water partition coefficient (Wildman–Crippen LogP) is 4.02. The summed E-state index contributed by atoms with van der Waals surface area (Å²) < 4.78 is 11.9. The van der Waals surface area contributed by atoms with E-state index < -0.39 is 11.8 Å². The van der Waals surface area contributed by atoms with Gasteiger partial charge in [0.1, 0.15) is 11.3 Å². The minimum atomic E-state index is -0.631. The van der Waals surface area contributed by atoms with Crippen molar-refractivity contribution in [1.29, 1.82) is 0 Å². The van der Waals surface area contributed by atoms with Gasteiger partial charge in [0.25, 0.3) is 11.8 Å². The number of thiocarbonyl (C=S) groups is 1. The van der Waals surface area contributed by atoms with Crippen LogP contribution in [0.4, 0.5) is 11.6 Å². The molecule has 2 aliphatic rings. The number of benzene rings is 1. The molecule has 0 aliphatic carbocycles. The number of rotatable bonds is 3. The Hall–Kier alpha value is -1.91. The molecule has 2 amide bonds. The van der Waals surface area contributed by atoms with Crippen LogP contribution in [0.15, 0.2) is 38.7 Å². The highest BCUT2D eigenvalue weighted by Gasteiger charge is 2.36. The van der Waals surface area contributed by atoms with Crippen molar-refractivity contribution < 1.29 is 18.7 Å². The molecule has 2 aliphatic heterocycles. The summed E-state index contributed by atoms with van der Waals surface area (Å²) in [6, 6.07) is 6.51. The van der Waals surface area contributed by atoms with Gasteiger partial charge in [-0.25, -0.2) is 0 Å². The number of halogens is 3. The number of nitrogens with zero attached hydrogens (tertiary/aromatic N) is 2. The molecule has 0 bridgehead atoms. The third kappa shape index (κ3) is 4.00. The largest absolute Gasteiger partial charge is 0.440 e. The van der Waals surface area contributed by atoms with Crippen LogP contribution in [0.3, 0.4) is 0 Å². The molecule has 0 unspecified atom stereocenters. The second kappa shape index (κ2) is 8.68. The van der Waals surface area contributed by atoms with Gasteiger partial charge < -0.3 is 14.1 Å². The standard InChI is InChI=1S/C19H14BrCl2N3O4S/c20-12-9-10(29-18(12)24-4-6-28-7-5-24)8-11-16(26)23-19(30)25(17(11)27)14-3-1-2-13(21)15(14)22/h1-3,8-9H,4-7H2,(H,23,26,30)/b11-8-. The van der Waals surface area contributed by atoms with E-state index in [9.17, 15) is 9.59 Å². The van der Waals surface area contributed by atoms with Crippen molar-refractivity contribution in [2.45, 2.75) is 0 Å². The molecule has 156 valence electrons. The molecule has 7 nitrogen and oxygen atoms in total. The quantitative estimate of drug-likeness (QED) is 0.367. The van der Waals surface area contributed by atoms with E-state index in [0.29, 0.717) is 42.4 Å². The summed E-state index contributed by atoms with van der Waals surface area (Å²) in [5, 5.41) is 2.84. The molecular weight excluding hydrogens is 517 g/mol. The fraction of sp³-hybridized carbons (Fsp3) is 0.211. The Labute approximate surface area is 195 Å². The van der Waals surface area contributed by atoms with Gasteiger partial charge in [0, 0.05) is 19.2 Å². The van der Waals surface area contributed by atoms with Crippen LogP contribution in [0.25, 0.3) is 6.08 Å². The average molecular weight is 531 g/mol. The first kappa shape index (κ1) is 21.3. The Morgan fingerprint density at radius 1 is 1.20 bits per heavy atom. The zero-order valence-electron chi connectivity index (χ0n) is 15.3. The first-order valence-electron chi connectivity index (χ1n) is 8.84.